The number of ether oxygens (including phenoxy) is 2. The average Bonchev–Trinajstić information content (AvgIpc) is 2.97. The van der Waals surface area contributed by atoms with E-state index in [0.717, 1.165) is 42.4 Å². The van der Waals surface area contributed by atoms with Gasteiger partial charge in [-0.15, -0.1) is 0 Å². The van der Waals surface area contributed by atoms with Crippen molar-refractivity contribution in [2.45, 2.75) is 40.7 Å². The lowest BCUT2D eigenvalue weighted by Crippen LogP contribution is -2.30. The van der Waals surface area contributed by atoms with E-state index < -0.39 is 0 Å². The molecule has 0 fully saturated rings. The Labute approximate surface area is 160 Å². The zero-order valence-corrected chi connectivity index (χ0v) is 16.8. The van der Waals surface area contributed by atoms with Crippen molar-refractivity contribution < 1.29 is 9.47 Å². The Kier molecular flexibility index (Phi) is 7.72. The second-order valence-corrected chi connectivity index (χ2v) is 6.15. The van der Waals surface area contributed by atoms with Crippen LogP contribution in [-0.4, -0.2) is 34.7 Å². The molecule has 1 heterocycles. The molecule has 2 N–H and O–H groups in total. The number of nitrogens with one attached hydrogen (secondary N) is 2. The van der Waals surface area contributed by atoms with Crippen LogP contribution in [0.3, 0.4) is 0 Å². The van der Waals surface area contributed by atoms with Gasteiger partial charge in [0.1, 0.15) is 0 Å². The highest BCUT2D eigenvalue weighted by molar-refractivity contribution is 7.80. The summed E-state index contributed by atoms with van der Waals surface area (Å²) in [6.07, 6.45) is 2.63. The van der Waals surface area contributed by atoms with E-state index in [1.165, 1.54) is 5.56 Å². The van der Waals surface area contributed by atoms with Gasteiger partial charge in [-0.25, -0.2) is 0 Å². The number of benzene rings is 1. The molecular weight excluding hydrogens is 348 g/mol. The number of thiocarbonyl (C=S) groups is 1. The summed E-state index contributed by atoms with van der Waals surface area (Å²) in [6, 6.07) is 6.05. The summed E-state index contributed by atoms with van der Waals surface area (Å²) >= 11 is 5.38. The molecule has 2 rings (SSSR count). The fourth-order valence-electron chi connectivity index (χ4n) is 2.63. The summed E-state index contributed by atoms with van der Waals surface area (Å²) in [5.41, 5.74) is 3.18. The fraction of sp³-hybridized carbons (Fsp3) is 0.474. The predicted octanol–water partition coefficient (Wildman–Crippen LogP) is 3.54. The number of hydrogen-bond donors (Lipinski definition) is 2. The Morgan fingerprint density at radius 3 is 2.54 bits per heavy atom. The van der Waals surface area contributed by atoms with Gasteiger partial charge in [-0.2, -0.15) is 5.10 Å². The van der Waals surface area contributed by atoms with Crippen LogP contribution in [0, 0.1) is 6.92 Å². The number of aryl methyl sites for hydroxylation is 1. The van der Waals surface area contributed by atoms with Gasteiger partial charge in [-0.3, -0.25) is 4.68 Å². The molecule has 6 nitrogen and oxygen atoms in total. The molecule has 2 aromatic rings. The Morgan fingerprint density at radius 2 is 1.88 bits per heavy atom. The van der Waals surface area contributed by atoms with Crippen LogP contribution in [0.4, 0.5) is 5.69 Å². The van der Waals surface area contributed by atoms with Crippen molar-refractivity contribution in [3.05, 3.63) is 35.7 Å². The van der Waals surface area contributed by atoms with Crippen molar-refractivity contribution in [2.24, 2.45) is 0 Å². The lowest BCUT2D eigenvalue weighted by Gasteiger charge is -2.13. The number of aromatic nitrogens is 2. The second kappa shape index (κ2) is 10.0. The molecule has 0 saturated carbocycles. The second-order valence-electron chi connectivity index (χ2n) is 5.74. The average molecular weight is 377 g/mol. The summed E-state index contributed by atoms with van der Waals surface area (Å²) in [5.74, 6) is 1.57. The lowest BCUT2D eigenvalue weighted by atomic mass is 10.1. The van der Waals surface area contributed by atoms with E-state index in [1.54, 1.807) is 6.20 Å². The van der Waals surface area contributed by atoms with Crippen LogP contribution in [0.2, 0.25) is 0 Å². The predicted molar refractivity (Wildman–Crippen MR) is 109 cm³/mol. The maximum absolute atomic E-state index is 5.67. The molecule has 1 aromatic carbocycles. The van der Waals surface area contributed by atoms with Crippen LogP contribution in [0.5, 0.6) is 11.5 Å². The summed E-state index contributed by atoms with van der Waals surface area (Å²) in [6.45, 7) is 10.8. The standard InChI is InChI=1S/C19H28N4O2S/c1-5-23-14(4)16(13-21-23)22-19(26)20-11-10-15-8-9-17(24-6-2)18(12-15)25-7-3/h8-9,12-13H,5-7,10-11H2,1-4H3,(H2,20,22,26). The molecule has 0 spiro atoms. The molecular formula is C19H28N4O2S. The van der Waals surface area contributed by atoms with Gasteiger partial charge < -0.3 is 20.1 Å². The van der Waals surface area contributed by atoms with Crippen molar-refractivity contribution >= 4 is 23.0 Å². The summed E-state index contributed by atoms with van der Waals surface area (Å²) in [7, 11) is 0. The molecule has 0 bridgehead atoms. The normalized spacial score (nSPS) is 10.5. The van der Waals surface area contributed by atoms with Crippen molar-refractivity contribution in [1.82, 2.24) is 15.1 Å². The van der Waals surface area contributed by atoms with E-state index in [-0.39, 0.29) is 0 Å². The Morgan fingerprint density at radius 1 is 1.15 bits per heavy atom. The molecule has 0 radical (unpaired) electrons. The summed E-state index contributed by atoms with van der Waals surface area (Å²) in [5, 5.41) is 11.3. The first kappa shape index (κ1) is 20.0. The lowest BCUT2D eigenvalue weighted by molar-refractivity contribution is 0.287. The molecule has 7 heteroatoms. The van der Waals surface area contributed by atoms with Crippen molar-refractivity contribution in [1.29, 1.82) is 0 Å². The Hall–Kier alpha value is -2.28. The minimum atomic E-state index is 0.597. The highest BCUT2D eigenvalue weighted by atomic mass is 32.1. The van der Waals surface area contributed by atoms with Crippen LogP contribution in [0.1, 0.15) is 32.0 Å². The monoisotopic (exact) mass is 376 g/mol. The molecule has 0 unspecified atom stereocenters. The van der Waals surface area contributed by atoms with Gasteiger partial charge in [0.2, 0.25) is 0 Å². The van der Waals surface area contributed by atoms with E-state index in [9.17, 15) is 0 Å². The zero-order valence-electron chi connectivity index (χ0n) is 16.0. The number of anilines is 1. The van der Waals surface area contributed by atoms with E-state index in [0.29, 0.717) is 18.3 Å². The van der Waals surface area contributed by atoms with Crippen molar-refractivity contribution in [2.75, 3.05) is 25.1 Å². The maximum Gasteiger partial charge on any atom is 0.170 e. The molecule has 0 aliphatic heterocycles. The number of rotatable bonds is 9. The first-order valence-electron chi connectivity index (χ1n) is 9.04. The highest BCUT2D eigenvalue weighted by Gasteiger charge is 2.08. The molecule has 0 aliphatic rings. The summed E-state index contributed by atoms with van der Waals surface area (Å²) < 4.78 is 13.2. The SMILES string of the molecule is CCOc1ccc(CCNC(=S)Nc2cnn(CC)c2C)cc1OCC. The molecule has 0 saturated heterocycles. The molecule has 0 atom stereocenters. The zero-order chi connectivity index (χ0) is 18.9. The third-order valence-electron chi connectivity index (χ3n) is 3.96. The van der Waals surface area contributed by atoms with Gasteiger partial charge in [-0.05, 0) is 64.0 Å². The smallest absolute Gasteiger partial charge is 0.170 e. The fourth-order valence-corrected chi connectivity index (χ4v) is 2.84. The topological polar surface area (TPSA) is 60.3 Å². The molecule has 142 valence electrons. The highest BCUT2D eigenvalue weighted by Crippen LogP contribution is 2.28. The third-order valence-corrected chi connectivity index (χ3v) is 4.20. The van der Waals surface area contributed by atoms with Crippen molar-refractivity contribution in [3.63, 3.8) is 0 Å². The van der Waals surface area contributed by atoms with E-state index in [1.807, 2.05) is 37.6 Å². The first-order chi connectivity index (χ1) is 12.6. The number of nitrogens with zero attached hydrogens (tertiary/aromatic N) is 2. The quantitative estimate of drug-likeness (QED) is 0.653. The molecule has 26 heavy (non-hydrogen) atoms. The molecule has 0 aliphatic carbocycles. The minimum absolute atomic E-state index is 0.597. The van der Waals surface area contributed by atoms with Crippen LogP contribution in [-0.2, 0) is 13.0 Å². The van der Waals surface area contributed by atoms with Gasteiger partial charge in [0.05, 0.1) is 30.8 Å². The molecule has 1 aromatic heterocycles. The first-order valence-corrected chi connectivity index (χ1v) is 9.45. The largest absolute Gasteiger partial charge is 0.490 e. The van der Waals surface area contributed by atoms with E-state index >= 15 is 0 Å². The van der Waals surface area contributed by atoms with Crippen LogP contribution in [0.25, 0.3) is 0 Å². The van der Waals surface area contributed by atoms with Crippen LogP contribution >= 0.6 is 12.2 Å². The number of hydrogen-bond acceptors (Lipinski definition) is 4. The Balaban J connectivity index is 1.87. The van der Waals surface area contributed by atoms with Crippen molar-refractivity contribution in [3.8, 4) is 11.5 Å². The Bertz CT molecular complexity index is 730. The van der Waals surface area contributed by atoms with E-state index in [4.69, 9.17) is 21.7 Å². The van der Waals surface area contributed by atoms with Crippen LogP contribution < -0.4 is 20.1 Å². The van der Waals surface area contributed by atoms with Gasteiger partial charge in [0.15, 0.2) is 16.6 Å². The molecule has 0 amide bonds. The van der Waals surface area contributed by atoms with E-state index in [2.05, 4.69) is 28.7 Å². The maximum atomic E-state index is 5.67. The van der Waals surface area contributed by atoms with Crippen LogP contribution in [0.15, 0.2) is 24.4 Å². The van der Waals surface area contributed by atoms with Gasteiger partial charge in [0, 0.05) is 13.1 Å². The summed E-state index contributed by atoms with van der Waals surface area (Å²) in [4.78, 5) is 0. The third kappa shape index (κ3) is 5.36. The van der Waals surface area contributed by atoms with Gasteiger partial charge in [-0.1, -0.05) is 6.07 Å². The van der Waals surface area contributed by atoms with Gasteiger partial charge in [0.25, 0.3) is 0 Å². The van der Waals surface area contributed by atoms with Gasteiger partial charge >= 0.3 is 0 Å². The minimum Gasteiger partial charge on any atom is -0.490 e.